The van der Waals surface area contributed by atoms with E-state index in [0.717, 1.165) is 0 Å². The minimum absolute atomic E-state index is 0.121. The van der Waals surface area contributed by atoms with Gasteiger partial charge in [-0.25, -0.2) is 5.84 Å². The number of carbonyl (C=O) groups is 1. The number of hydrogen-bond donors (Lipinski definition) is 2. The van der Waals surface area contributed by atoms with Gasteiger partial charge in [0.15, 0.2) is 0 Å². The first-order chi connectivity index (χ1) is 7.52. The van der Waals surface area contributed by atoms with E-state index >= 15 is 0 Å². The molecule has 0 bridgehead atoms. The van der Waals surface area contributed by atoms with Crippen molar-refractivity contribution in [3.63, 3.8) is 0 Å². The van der Waals surface area contributed by atoms with Crippen LogP contribution in [0.15, 0.2) is 23.1 Å². The number of aryl methyl sites for hydroxylation is 2. The lowest BCUT2D eigenvalue weighted by Gasteiger charge is -2.12. The van der Waals surface area contributed by atoms with Crippen LogP contribution in [0.4, 0.5) is 0 Å². The lowest BCUT2D eigenvalue weighted by atomic mass is 10.2. The molecule has 3 nitrogen and oxygen atoms in total. The fraction of sp³-hybridized carbons (Fsp3) is 0.417. The SMILES string of the molecule is Cc1ccc(SC(C)CC(=O)NN)c(C)c1. The van der Waals surface area contributed by atoms with Gasteiger partial charge >= 0.3 is 0 Å². The van der Waals surface area contributed by atoms with E-state index in [-0.39, 0.29) is 11.2 Å². The molecule has 1 aromatic carbocycles. The highest BCUT2D eigenvalue weighted by molar-refractivity contribution is 8.00. The van der Waals surface area contributed by atoms with Crippen LogP contribution in [-0.4, -0.2) is 11.2 Å². The van der Waals surface area contributed by atoms with Gasteiger partial charge in [-0.1, -0.05) is 24.6 Å². The largest absolute Gasteiger partial charge is 0.294 e. The Labute approximate surface area is 101 Å². The molecule has 0 aliphatic heterocycles. The number of carbonyl (C=O) groups excluding carboxylic acids is 1. The van der Waals surface area contributed by atoms with Crippen molar-refractivity contribution < 1.29 is 4.79 Å². The van der Waals surface area contributed by atoms with Crippen molar-refractivity contribution >= 4 is 17.7 Å². The molecule has 0 aliphatic carbocycles. The number of hydrogen-bond acceptors (Lipinski definition) is 3. The van der Waals surface area contributed by atoms with Crippen LogP contribution in [0.1, 0.15) is 24.5 Å². The van der Waals surface area contributed by atoms with Crippen molar-refractivity contribution in [2.45, 2.75) is 37.3 Å². The minimum Gasteiger partial charge on any atom is -0.294 e. The van der Waals surface area contributed by atoms with Gasteiger partial charge in [0.1, 0.15) is 0 Å². The van der Waals surface area contributed by atoms with Crippen molar-refractivity contribution in [1.82, 2.24) is 5.43 Å². The Kier molecular flexibility index (Phi) is 4.83. The van der Waals surface area contributed by atoms with Gasteiger partial charge in [-0.3, -0.25) is 10.2 Å². The zero-order chi connectivity index (χ0) is 12.1. The number of nitrogens with one attached hydrogen (secondary N) is 1. The Morgan fingerprint density at radius 2 is 2.19 bits per heavy atom. The molecule has 1 rings (SSSR count). The molecule has 0 heterocycles. The van der Waals surface area contributed by atoms with Gasteiger partial charge in [-0.15, -0.1) is 11.8 Å². The second kappa shape index (κ2) is 5.92. The van der Waals surface area contributed by atoms with Gasteiger partial charge in [0.2, 0.25) is 5.91 Å². The van der Waals surface area contributed by atoms with E-state index < -0.39 is 0 Å². The first-order valence-electron chi connectivity index (χ1n) is 5.26. The zero-order valence-electron chi connectivity index (χ0n) is 9.91. The van der Waals surface area contributed by atoms with Gasteiger partial charge in [0, 0.05) is 16.6 Å². The quantitative estimate of drug-likeness (QED) is 0.366. The number of benzene rings is 1. The summed E-state index contributed by atoms with van der Waals surface area (Å²) in [6, 6.07) is 6.34. The van der Waals surface area contributed by atoms with E-state index in [1.54, 1.807) is 11.8 Å². The fourth-order valence-electron chi connectivity index (χ4n) is 1.51. The van der Waals surface area contributed by atoms with Crippen LogP contribution in [-0.2, 0) is 4.79 Å². The van der Waals surface area contributed by atoms with Crippen LogP contribution in [0.25, 0.3) is 0 Å². The maximum Gasteiger partial charge on any atom is 0.234 e. The molecule has 88 valence electrons. The molecule has 0 aromatic heterocycles. The summed E-state index contributed by atoms with van der Waals surface area (Å²) in [6.07, 6.45) is 0.439. The zero-order valence-corrected chi connectivity index (χ0v) is 10.7. The lowest BCUT2D eigenvalue weighted by molar-refractivity contribution is -0.121. The van der Waals surface area contributed by atoms with Crippen LogP contribution in [0.2, 0.25) is 0 Å². The Bertz CT molecular complexity index is 379. The second-order valence-electron chi connectivity index (χ2n) is 3.97. The predicted octanol–water partition coefficient (Wildman–Crippen LogP) is 2.16. The molecular weight excluding hydrogens is 220 g/mol. The van der Waals surface area contributed by atoms with E-state index in [1.807, 2.05) is 6.92 Å². The molecule has 1 atom stereocenters. The number of rotatable bonds is 4. The molecule has 0 saturated carbocycles. The molecule has 1 amide bonds. The van der Waals surface area contributed by atoms with Gasteiger partial charge in [0.05, 0.1) is 0 Å². The molecule has 1 unspecified atom stereocenters. The van der Waals surface area contributed by atoms with E-state index in [4.69, 9.17) is 5.84 Å². The Morgan fingerprint density at radius 1 is 1.50 bits per heavy atom. The van der Waals surface area contributed by atoms with Crippen LogP contribution in [0.5, 0.6) is 0 Å². The third-order valence-corrected chi connectivity index (χ3v) is 3.57. The fourth-order valence-corrected chi connectivity index (χ4v) is 2.57. The van der Waals surface area contributed by atoms with Crippen LogP contribution in [0, 0.1) is 13.8 Å². The molecule has 0 aliphatic rings. The van der Waals surface area contributed by atoms with Crippen LogP contribution in [0.3, 0.4) is 0 Å². The number of hydrazine groups is 1. The highest BCUT2D eigenvalue weighted by Crippen LogP contribution is 2.28. The highest BCUT2D eigenvalue weighted by atomic mass is 32.2. The molecule has 0 saturated heterocycles. The number of amides is 1. The first kappa shape index (κ1) is 13.1. The highest BCUT2D eigenvalue weighted by Gasteiger charge is 2.10. The molecule has 0 fully saturated rings. The van der Waals surface area contributed by atoms with Crippen molar-refractivity contribution in [3.8, 4) is 0 Å². The first-order valence-corrected chi connectivity index (χ1v) is 6.14. The van der Waals surface area contributed by atoms with Crippen molar-refractivity contribution in [2.24, 2.45) is 5.84 Å². The monoisotopic (exact) mass is 238 g/mol. The second-order valence-corrected chi connectivity index (χ2v) is 5.45. The van der Waals surface area contributed by atoms with Gasteiger partial charge in [-0.05, 0) is 25.5 Å². The summed E-state index contributed by atoms with van der Waals surface area (Å²) in [5.41, 5.74) is 4.67. The number of nitrogens with two attached hydrogens (primary N) is 1. The van der Waals surface area contributed by atoms with E-state index in [0.29, 0.717) is 6.42 Å². The summed E-state index contributed by atoms with van der Waals surface area (Å²) >= 11 is 1.71. The van der Waals surface area contributed by atoms with Gasteiger partial charge < -0.3 is 0 Å². The predicted molar refractivity (Wildman–Crippen MR) is 68.2 cm³/mol. The van der Waals surface area contributed by atoms with E-state index in [2.05, 4.69) is 37.5 Å². The molecule has 1 aromatic rings. The Balaban J connectivity index is 2.62. The average Bonchev–Trinajstić information content (AvgIpc) is 2.22. The maximum absolute atomic E-state index is 11.1. The maximum atomic E-state index is 11.1. The smallest absolute Gasteiger partial charge is 0.234 e. The van der Waals surface area contributed by atoms with Crippen molar-refractivity contribution in [1.29, 1.82) is 0 Å². The average molecular weight is 238 g/mol. The molecule has 16 heavy (non-hydrogen) atoms. The van der Waals surface area contributed by atoms with Crippen LogP contribution >= 0.6 is 11.8 Å². The number of thioether (sulfide) groups is 1. The van der Waals surface area contributed by atoms with Gasteiger partial charge in [-0.2, -0.15) is 0 Å². The molecule has 0 spiro atoms. The molecular formula is C12H18N2OS. The Morgan fingerprint density at radius 3 is 2.75 bits per heavy atom. The van der Waals surface area contributed by atoms with Gasteiger partial charge in [0.25, 0.3) is 0 Å². The van der Waals surface area contributed by atoms with Crippen molar-refractivity contribution in [2.75, 3.05) is 0 Å². The summed E-state index contributed by atoms with van der Waals surface area (Å²) in [7, 11) is 0. The minimum atomic E-state index is -0.121. The summed E-state index contributed by atoms with van der Waals surface area (Å²) in [5, 5.41) is 0.227. The molecule has 4 heteroatoms. The summed E-state index contributed by atoms with van der Waals surface area (Å²) in [6.45, 7) is 6.19. The van der Waals surface area contributed by atoms with Crippen molar-refractivity contribution in [3.05, 3.63) is 29.3 Å². The summed E-state index contributed by atoms with van der Waals surface area (Å²) in [4.78, 5) is 12.3. The third-order valence-electron chi connectivity index (χ3n) is 2.29. The lowest BCUT2D eigenvalue weighted by Crippen LogP contribution is -2.31. The van der Waals surface area contributed by atoms with Crippen LogP contribution < -0.4 is 11.3 Å². The molecule has 3 N–H and O–H groups in total. The Hall–Kier alpha value is -1.00. The normalized spacial score (nSPS) is 12.2. The van der Waals surface area contributed by atoms with E-state index in [1.165, 1.54) is 16.0 Å². The molecule has 0 radical (unpaired) electrons. The topological polar surface area (TPSA) is 55.1 Å². The standard InChI is InChI=1S/C12H18N2OS/c1-8-4-5-11(9(2)6-8)16-10(3)7-12(15)14-13/h4-6,10H,7,13H2,1-3H3,(H,14,15). The summed E-state index contributed by atoms with van der Waals surface area (Å²) in [5.74, 6) is 4.93. The summed E-state index contributed by atoms with van der Waals surface area (Å²) < 4.78 is 0. The third kappa shape index (κ3) is 3.87. The van der Waals surface area contributed by atoms with E-state index in [9.17, 15) is 4.79 Å².